The first-order valence-corrected chi connectivity index (χ1v) is 7.16. The van der Waals surface area contributed by atoms with Crippen molar-refractivity contribution >= 4 is 23.6 Å². The van der Waals surface area contributed by atoms with Gasteiger partial charge in [0.05, 0.1) is 10.7 Å². The van der Waals surface area contributed by atoms with Gasteiger partial charge in [0.1, 0.15) is 0 Å². The highest BCUT2D eigenvalue weighted by Crippen LogP contribution is 2.34. The Morgan fingerprint density at radius 2 is 2.06 bits per heavy atom. The van der Waals surface area contributed by atoms with Crippen LogP contribution in [0.15, 0.2) is 18.2 Å². The Kier molecular flexibility index (Phi) is 4.65. The van der Waals surface area contributed by atoms with E-state index in [0.29, 0.717) is 16.6 Å². The highest BCUT2D eigenvalue weighted by atomic mass is 35.5. The Morgan fingerprint density at radius 1 is 1.33 bits per heavy atom. The molecule has 0 heterocycles. The van der Waals surface area contributed by atoms with Crippen molar-refractivity contribution in [1.82, 2.24) is 0 Å². The SMILES string of the molecule is CCN(c1c(Cl)cccc1C=O)C1CCCCC1. The predicted octanol–water partition coefficient (Wildman–Crippen LogP) is 4.31. The predicted molar refractivity (Wildman–Crippen MR) is 76.7 cm³/mol. The minimum absolute atomic E-state index is 0.530. The van der Waals surface area contributed by atoms with E-state index < -0.39 is 0 Å². The molecule has 0 atom stereocenters. The molecule has 0 aliphatic heterocycles. The van der Waals surface area contributed by atoms with Crippen molar-refractivity contribution in [3.63, 3.8) is 0 Å². The van der Waals surface area contributed by atoms with E-state index in [1.165, 1.54) is 32.1 Å². The molecule has 1 fully saturated rings. The minimum atomic E-state index is 0.530. The van der Waals surface area contributed by atoms with Crippen molar-refractivity contribution in [2.45, 2.75) is 45.1 Å². The molecule has 0 amide bonds. The van der Waals surface area contributed by atoms with Crippen LogP contribution in [0.25, 0.3) is 0 Å². The van der Waals surface area contributed by atoms with Gasteiger partial charge in [-0.15, -0.1) is 0 Å². The topological polar surface area (TPSA) is 20.3 Å². The lowest BCUT2D eigenvalue weighted by Crippen LogP contribution is -2.37. The van der Waals surface area contributed by atoms with E-state index in [0.717, 1.165) is 18.5 Å². The van der Waals surface area contributed by atoms with Gasteiger partial charge in [-0.1, -0.05) is 36.9 Å². The zero-order valence-electron chi connectivity index (χ0n) is 10.9. The zero-order chi connectivity index (χ0) is 13.0. The van der Waals surface area contributed by atoms with Crippen molar-refractivity contribution in [1.29, 1.82) is 0 Å². The van der Waals surface area contributed by atoms with Crippen LogP contribution >= 0.6 is 11.6 Å². The van der Waals surface area contributed by atoms with E-state index in [-0.39, 0.29) is 0 Å². The number of hydrogen-bond acceptors (Lipinski definition) is 2. The van der Waals surface area contributed by atoms with E-state index in [1.807, 2.05) is 18.2 Å². The number of hydrogen-bond donors (Lipinski definition) is 0. The van der Waals surface area contributed by atoms with E-state index in [1.54, 1.807) is 0 Å². The van der Waals surface area contributed by atoms with Crippen molar-refractivity contribution in [2.24, 2.45) is 0 Å². The van der Waals surface area contributed by atoms with Crippen molar-refractivity contribution in [3.05, 3.63) is 28.8 Å². The monoisotopic (exact) mass is 265 g/mol. The molecular weight excluding hydrogens is 246 g/mol. The first kappa shape index (κ1) is 13.4. The standard InChI is InChI=1S/C15H20ClNO/c1-2-17(13-8-4-3-5-9-13)15-12(11-18)7-6-10-14(15)16/h6-7,10-11,13H,2-5,8-9H2,1H3. The summed E-state index contributed by atoms with van der Waals surface area (Å²) in [6.07, 6.45) is 7.21. The maximum atomic E-state index is 11.2. The van der Waals surface area contributed by atoms with Gasteiger partial charge in [0.2, 0.25) is 0 Å². The van der Waals surface area contributed by atoms with E-state index in [4.69, 9.17) is 11.6 Å². The first-order chi connectivity index (χ1) is 8.77. The minimum Gasteiger partial charge on any atom is -0.367 e. The number of halogens is 1. The third-order valence-corrected chi connectivity index (χ3v) is 4.09. The van der Waals surface area contributed by atoms with E-state index >= 15 is 0 Å². The van der Waals surface area contributed by atoms with Crippen LogP contribution in [0.1, 0.15) is 49.4 Å². The summed E-state index contributed by atoms with van der Waals surface area (Å²) in [5.41, 5.74) is 1.62. The summed E-state index contributed by atoms with van der Waals surface area (Å²) in [5.74, 6) is 0. The Balaban J connectivity index is 2.34. The maximum absolute atomic E-state index is 11.2. The molecule has 1 aliphatic carbocycles. The molecule has 98 valence electrons. The lowest BCUT2D eigenvalue weighted by atomic mass is 9.93. The first-order valence-electron chi connectivity index (χ1n) is 6.78. The molecular formula is C15H20ClNO. The molecule has 1 aromatic rings. The molecule has 0 unspecified atom stereocenters. The second-order valence-electron chi connectivity index (χ2n) is 4.87. The number of carbonyl (C=O) groups is 1. The van der Waals surface area contributed by atoms with Gasteiger partial charge in [0.25, 0.3) is 0 Å². The highest BCUT2D eigenvalue weighted by molar-refractivity contribution is 6.33. The van der Waals surface area contributed by atoms with Crippen molar-refractivity contribution < 1.29 is 4.79 Å². The van der Waals surface area contributed by atoms with Gasteiger partial charge < -0.3 is 4.90 Å². The number of rotatable bonds is 4. The summed E-state index contributed by atoms with van der Waals surface area (Å²) in [4.78, 5) is 13.5. The fourth-order valence-electron chi connectivity index (χ4n) is 2.92. The van der Waals surface area contributed by atoms with Crippen molar-refractivity contribution in [2.75, 3.05) is 11.4 Å². The van der Waals surface area contributed by atoms with E-state index in [2.05, 4.69) is 11.8 Å². The van der Waals surface area contributed by atoms with E-state index in [9.17, 15) is 4.79 Å². The molecule has 0 spiro atoms. The summed E-state index contributed by atoms with van der Waals surface area (Å²) >= 11 is 6.30. The lowest BCUT2D eigenvalue weighted by Gasteiger charge is -2.36. The quantitative estimate of drug-likeness (QED) is 0.756. The van der Waals surface area contributed by atoms with Gasteiger partial charge >= 0.3 is 0 Å². The normalized spacial score (nSPS) is 16.6. The van der Waals surface area contributed by atoms with Crippen LogP contribution in [0.4, 0.5) is 5.69 Å². The molecule has 0 saturated heterocycles. The molecule has 18 heavy (non-hydrogen) atoms. The molecule has 1 aromatic carbocycles. The zero-order valence-corrected chi connectivity index (χ0v) is 11.6. The number of benzene rings is 1. The van der Waals surface area contributed by atoms with Gasteiger partial charge in [0.15, 0.2) is 6.29 Å². The van der Waals surface area contributed by atoms with Crippen LogP contribution in [-0.2, 0) is 0 Å². The molecule has 1 saturated carbocycles. The Bertz CT molecular complexity index is 413. The number of para-hydroxylation sites is 1. The number of aldehydes is 1. The van der Waals surface area contributed by atoms with Gasteiger partial charge in [-0.05, 0) is 31.9 Å². The summed E-state index contributed by atoms with van der Waals surface area (Å²) in [6.45, 7) is 3.03. The Labute approximate surface area is 114 Å². The summed E-state index contributed by atoms with van der Waals surface area (Å²) in [6, 6.07) is 6.08. The van der Waals surface area contributed by atoms with Crippen LogP contribution in [0.5, 0.6) is 0 Å². The molecule has 1 aliphatic rings. The number of carbonyl (C=O) groups excluding carboxylic acids is 1. The summed E-state index contributed by atoms with van der Waals surface area (Å²) in [5, 5.41) is 0.687. The third kappa shape index (κ3) is 2.69. The average molecular weight is 266 g/mol. The largest absolute Gasteiger partial charge is 0.367 e. The van der Waals surface area contributed by atoms with Crippen molar-refractivity contribution in [3.8, 4) is 0 Å². The van der Waals surface area contributed by atoms with Crippen LogP contribution in [0.2, 0.25) is 5.02 Å². The molecule has 3 heteroatoms. The van der Waals surface area contributed by atoms with Gasteiger partial charge in [-0.3, -0.25) is 4.79 Å². The van der Waals surface area contributed by atoms with Gasteiger partial charge in [0, 0.05) is 18.2 Å². The smallest absolute Gasteiger partial charge is 0.152 e. The molecule has 0 N–H and O–H groups in total. The molecule has 0 radical (unpaired) electrons. The van der Waals surface area contributed by atoms with Gasteiger partial charge in [-0.2, -0.15) is 0 Å². The Hall–Kier alpha value is -1.02. The Morgan fingerprint density at radius 3 is 2.67 bits per heavy atom. The van der Waals surface area contributed by atoms with Crippen LogP contribution in [0.3, 0.4) is 0 Å². The second kappa shape index (κ2) is 6.24. The second-order valence-corrected chi connectivity index (χ2v) is 5.28. The van der Waals surface area contributed by atoms with Crippen LogP contribution < -0.4 is 4.90 Å². The third-order valence-electron chi connectivity index (χ3n) is 3.79. The fourth-order valence-corrected chi connectivity index (χ4v) is 3.21. The average Bonchev–Trinajstić information content (AvgIpc) is 2.42. The summed E-state index contributed by atoms with van der Waals surface area (Å²) in [7, 11) is 0. The number of anilines is 1. The fraction of sp³-hybridized carbons (Fsp3) is 0.533. The van der Waals surface area contributed by atoms with Crippen LogP contribution in [-0.4, -0.2) is 18.9 Å². The number of nitrogens with zero attached hydrogens (tertiary/aromatic N) is 1. The molecule has 0 aromatic heterocycles. The molecule has 2 rings (SSSR count). The maximum Gasteiger partial charge on any atom is 0.152 e. The highest BCUT2D eigenvalue weighted by Gasteiger charge is 2.23. The lowest BCUT2D eigenvalue weighted by molar-refractivity contribution is 0.112. The van der Waals surface area contributed by atoms with Gasteiger partial charge in [-0.25, -0.2) is 0 Å². The molecule has 2 nitrogen and oxygen atoms in total. The summed E-state index contributed by atoms with van der Waals surface area (Å²) < 4.78 is 0. The molecule has 0 bridgehead atoms. The van der Waals surface area contributed by atoms with Crippen LogP contribution in [0, 0.1) is 0 Å².